The van der Waals surface area contributed by atoms with E-state index < -0.39 is 10.8 Å². The van der Waals surface area contributed by atoms with Gasteiger partial charge in [-0.15, -0.1) is 0 Å². The van der Waals surface area contributed by atoms with Crippen LogP contribution in [0.3, 0.4) is 0 Å². The zero-order valence-corrected chi connectivity index (χ0v) is 13.9. The smallest absolute Gasteiger partial charge is 0.197 e. The molecule has 0 aliphatic carbocycles. The van der Waals surface area contributed by atoms with Gasteiger partial charge in [0.15, 0.2) is 5.16 Å². The van der Waals surface area contributed by atoms with Crippen molar-refractivity contribution >= 4 is 27.5 Å². The summed E-state index contributed by atoms with van der Waals surface area (Å²) in [6, 6.07) is 9.48. The molecule has 1 aromatic carbocycles. The summed E-state index contributed by atoms with van der Waals surface area (Å²) < 4.78 is 20.1. The highest BCUT2D eigenvalue weighted by molar-refractivity contribution is 7.84. The first-order valence-electron chi connectivity index (χ1n) is 7.66. The van der Waals surface area contributed by atoms with E-state index in [1.54, 1.807) is 6.20 Å². The first-order valence-corrected chi connectivity index (χ1v) is 8.98. The molecular weight excluding hydrogens is 324 g/mol. The van der Waals surface area contributed by atoms with Crippen LogP contribution in [0.5, 0.6) is 5.75 Å². The summed E-state index contributed by atoms with van der Waals surface area (Å²) in [5, 5.41) is 0.465. The monoisotopic (exact) mass is 340 g/mol. The van der Waals surface area contributed by atoms with E-state index in [4.69, 9.17) is 4.74 Å². The Kier molecular flexibility index (Phi) is 3.78. The summed E-state index contributed by atoms with van der Waals surface area (Å²) in [6.07, 6.45) is 5.53. The summed E-state index contributed by atoms with van der Waals surface area (Å²) in [4.78, 5) is 11.9. The fraction of sp³-hybridized carbons (Fsp3) is 0.176. The molecular formula is C17H16N4O2S. The maximum absolute atomic E-state index is 12.7. The maximum atomic E-state index is 12.7. The molecule has 0 aliphatic heterocycles. The van der Waals surface area contributed by atoms with Crippen molar-refractivity contribution in [1.82, 2.24) is 19.4 Å². The van der Waals surface area contributed by atoms with Crippen LogP contribution in [0, 0.1) is 0 Å². The minimum Gasteiger partial charge on any atom is -0.494 e. The second-order valence-corrected chi connectivity index (χ2v) is 6.70. The normalized spacial score (nSPS) is 12.7. The van der Waals surface area contributed by atoms with Crippen LogP contribution in [0.2, 0.25) is 0 Å². The van der Waals surface area contributed by atoms with E-state index in [1.807, 2.05) is 54.0 Å². The molecule has 6 nitrogen and oxygen atoms in total. The van der Waals surface area contributed by atoms with Crippen LogP contribution in [0.25, 0.3) is 16.7 Å². The first kappa shape index (κ1) is 14.9. The Morgan fingerprint density at radius 1 is 1.29 bits per heavy atom. The lowest BCUT2D eigenvalue weighted by Crippen LogP contribution is -2.00. The third-order valence-corrected chi connectivity index (χ3v) is 4.94. The molecule has 24 heavy (non-hydrogen) atoms. The molecule has 0 fully saturated rings. The number of fused-ring (bicyclic) bond motifs is 2. The quantitative estimate of drug-likeness (QED) is 0.606. The molecule has 7 heteroatoms. The van der Waals surface area contributed by atoms with E-state index in [-0.39, 0.29) is 0 Å². The Balaban J connectivity index is 1.64. The number of aromatic nitrogens is 4. The van der Waals surface area contributed by atoms with Crippen molar-refractivity contribution in [1.29, 1.82) is 0 Å². The predicted octanol–water partition coefficient (Wildman–Crippen LogP) is 2.92. The third kappa shape index (κ3) is 2.67. The number of nitrogens with one attached hydrogen (secondary N) is 1. The molecule has 0 bridgehead atoms. The number of pyridine rings is 1. The third-order valence-electron chi connectivity index (χ3n) is 3.74. The van der Waals surface area contributed by atoms with Gasteiger partial charge >= 0.3 is 0 Å². The minimum absolute atomic E-state index is 0.361. The Morgan fingerprint density at radius 3 is 3.08 bits per heavy atom. The summed E-state index contributed by atoms with van der Waals surface area (Å²) in [5.74, 6) is 1.13. The van der Waals surface area contributed by atoms with Gasteiger partial charge in [-0.2, -0.15) is 0 Å². The van der Waals surface area contributed by atoms with Crippen LogP contribution < -0.4 is 4.74 Å². The molecule has 0 radical (unpaired) electrons. The number of benzene rings is 1. The van der Waals surface area contributed by atoms with Crippen LogP contribution in [0.15, 0.2) is 54.1 Å². The largest absolute Gasteiger partial charge is 0.494 e. The van der Waals surface area contributed by atoms with Gasteiger partial charge in [0.05, 0.1) is 34.2 Å². The Labute approximate surface area is 141 Å². The number of imidazole rings is 2. The molecule has 3 aromatic heterocycles. The van der Waals surface area contributed by atoms with Crippen molar-refractivity contribution in [2.45, 2.75) is 17.8 Å². The summed E-state index contributed by atoms with van der Waals surface area (Å²) in [7, 11) is -1.28. The van der Waals surface area contributed by atoms with Crippen molar-refractivity contribution in [3.8, 4) is 5.75 Å². The molecule has 1 N–H and O–H groups in total. The Bertz CT molecular complexity index is 1040. The average molecular weight is 340 g/mol. The van der Waals surface area contributed by atoms with Crippen LogP contribution in [-0.2, 0) is 16.6 Å². The number of rotatable bonds is 5. The molecule has 1 unspecified atom stereocenters. The summed E-state index contributed by atoms with van der Waals surface area (Å²) >= 11 is 0. The van der Waals surface area contributed by atoms with Crippen molar-refractivity contribution in [3.63, 3.8) is 0 Å². The van der Waals surface area contributed by atoms with Gasteiger partial charge < -0.3 is 14.1 Å². The van der Waals surface area contributed by atoms with E-state index in [2.05, 4.69) is 15.0 Å². The maximum Gasteiger partial charge on any atom is 0.197 e. The highest BCUT2D eigenvalue weighted by atomic mass is 32.2. The van der Waals surface area contributed by atoms with Gasteiger partial charge in [0.2, 0.25) is 0 Å². The van der Waals surface area contributed by atoms with Gasteiger partial charge in [-0.3, -0.25) is 4.21 Å². The van der Waals surface area contributed by atoms with E-state index in [0.717, 1.165) is 28.0 Å². The van der Waals surface area contributed by atoms with Crippen LogP contribution in [0.1, 0.15) is 12.5 Å². The second-order valence-electron chi connectivity index (χ2n) is 5.34. The molecule has 0 aliphatic rings. The molecule has 0 spiro atoms. The molecule has 0 saturated carbocycles. The number of H-pyrrole nitrogens is 1. The highest BCUT2D eigenvalue weighted by Crippen LogP contribution is 2.21. The lowest BCUT2D eigenvalue weighted by Gasteiger charge is -2.02. The first-order chi connectivity index (χ1) is 11.7. The number of aromatic amines is 1. The number of hydrogen-bond acceptors (Lipinski definition) is 4. The zero-order chi connectivity index (χ0) is 16.5. The Hall–Kier alpha value is -2.67. The summed E-state index contributed by atoms with van der Waals surface area (Å²) in [6.45, 7) is 2.54. The van der Waals surface area contributed by atoms with E-state index >= 15 is 0 Å². The minimum atomic E-state index is -1.28. The SMILES string of the molecule is CCOc1ccc2nc(S(=O)Cc3cccn4ccnc34)[nH]c2c1. The van der Waals surface area contributed by atoms with Crippen molar-refractivity contribution in [3.05, 3.63) is 54.5 Å². The zero-order valence-electron chi connectivity index (χ0n) is 13.1. The predicted molar refractivity (Wildman–Crippen MR) is 92.6 cm³/mol. The molecule has 0 saturated heterocycles. The second kappa shape index (κ2) is 6.09. The number of nitrogens with zero attached hydrogens (tertiary/aromatic N) is 3. The van der Waals surface area contributed by atoms with Gasteiger partial charge in [0.25, 0.3) is 0 Å². The molecule has 3 heterocycles. The standard InChI is InChI=1S/C17H16N4O2S/c1-2-23-13-5-6-14-15(10-13)20-17(19-14)24(22)11-12-4-3-8-21-9-7-18-16(12)21/h3-10H,2,11H2,1H3,(H,19,20). The van der Waals surface area contributed by atoms with Gasteiger partial charge in [0, 0.05) is 30.2 Å². The van der Waals surface area contributed by atoms with Gasteiger partial charge in [0.1, 0.15) is 11.4 Å². The molecule has 4 rings (SSSR count). The molecule has 4 aromatic rings. The van der Waals surface area contributed by atoms with Crippen LogP contribution in [0.4, 0.5) is 0 Å². The number of hydrogen-bond donors (Lipinski definition) is 1. The fourth-order valence-electron chi connectivity index (χ4n) is 2.66. The Morgan fingerprint density at radius 2 is 2.21 bits per heavy atom. The van der Waals surface area contributed by atoms with Crippen molar-refractivity contribution in [2.24, 2.45) is 0 Å². The molecule has 0 amide bonds. The molecule has 122 valence electrons. The van der Waals surface area contributed by atoms with Crippen molar-refractivity contribution in [2.75, 3.05) is 6.61 Å². The average Bonchev–Trinajstić information content (AvgIpc) is 3.21. The van der Waals surface area contributed by atoms with Gasteiger partial charge in [-0.25, -0.2) is 9.97 Å². The van der Waals surface area contributed by atoms with Crippen LogP contribution in [-0.4, -0.2) is 30.2 Å². The van der Waals surface area contributed by atoms with E-state index in [1.165, 1.54) is 0 Å². The highest BCUT2D eigenvalue weighted by Gasteiger charge is 2.13. The lowest BCUT2D eigenvalue weighted by molar-refractivity contribution is 0.340. The topological polar surface area (TPSA) is 72.3 Å². The molecule has 1 atom stereocenters. The van der Waals surface area contributed by atoms with Gasteiger partial charge in [-0.05, 0) is 25.1 Å². The lowest BCUT2D eigenvalue weighted by atomic mass is 10.3. The fourth-order valence-corrected chi connectivity index (χ4v) is 3.73. The van der Waals surface area contributed by atoms with Crippen LogP contribution >= 0.6 is 0 Å². The van der Waals surface area contributed by atoms with Gasteiger partial charge in [-0.1, -0.05) is 6.07 Å². The summed E-state index contributed by atoms with van der Waals surface area (Å²) in [5.41, 5.74) is 3.35. The number of ether oxygens (including phenoxy) is 1. The van der Waals surface area contributed by atoms with Crippen molar-refractivity contribution < 1.29 is 8.95 Å². The van der Waals surface area contributed by atoms with E-state index in [0.29, 0.717) is 17.5 Å². The van der Waals surface area contributed by atoms with E-state index in [9.17, 15) is 4.21 Å².